The van der Waals surface area contributed by atoms with Crippen molar-refractivity contribution in [2.24, 2.45) is 0 Å². The van der Waals surface area contributed by atoms with E-state index in [4.69, 9.17) is 0 Å². The average Bonchev–Trinajstić information content (AvgIpc) is 3.10. The Morgan fingerprint density at radius 3 is 1.06 bits per heavy atom. The van der Waals surface area contributed by atoms with Crippen molar-refractivity contribution >= 4 is 0 Å². The first kappa shape index (κ1) is 29.8. The van der Waals surface area contributed by atoms with Crippen molar-refractivity contribution in [3.63, 3.8) is 0 Å². The van der Waals surface area contributed by atoms with E-state index in [1.807, 2.05) is 0 Å². The summed E-state index contributed by atoms with van der Waals surface area (Å²) < 4.78 is 256. The van der Waals surface area contributed by atoms with Gasteiger partial charge in [-0.2, -0.15) is 79.2 Å². The Morgan fingerprint density at radius 2 is 0.765 bits per heavy atom. The first-order chi connectivity index (χ1) is 14.5. The molecule has 0 saturated heterocycles. The molecular formula is C12H3F20N2+. The zero-order valence-corrected chi connectivity index (χ0v) is 14.7. The van der Waals surface area contributed by atoms with Gasteiger partial charge in [-0.25, -0.2) is 0 Å². The molecule has 0 atom stereocenters. The summed E-state index contributed by atoms with van der Waals surface area (Å²) in [5, 5.41) is 0. The van der Waals surface area contributed by atoms with Gasteiger partial charge in [-0.3, -0.25) is 0 Å². The van der Waals surface area contributed by atoms with Crippen LogP contribution >= 0.6 is 0 Å². The topological polar surface area (TPSA) is 8.81 Å². The van der Waals surface area contributed by atoms with E-state index in [0.717, 1.165) is 0 Å². The molecule has 0 saturated carbocycles. The Balaban J connectivity index is 3.70. The van der Waals surface area contributed by atoms with Crippen LogP contribution in [0.3, 0.4) is 0 Å². The van der Waals surface area contributed by atoms with Gasteiger partial charge in [-0.05, 0) is 0 Å². The Morgan fingerprint density at radius 1 is 0.441 bits per heavy atom. The summed E-state index contributed by atoms with van der Waals surface area (Å²) in [6, 6.07) is -7.13. The van der Waals surface area contributed by atoms with Crippen LogP contribution < -0.4 is 4.57 Å². The molecule has 0 spiro atoms. The van der Waals surface area contributed by atoms with Gasteiger partial charge in [0.25, 0.3) is 6.33 Å². The molecular weight excluding hydrogens is 552 g/mol. The minimum absolute atomic E-state index is 0.632. The van der Waals surface area contributed by atoms with Gasteiger partial charge in [0.05, 0.1) is 0 Å². The van der Waals surface area contributed by atoms with E-state index in [0.29, 0.717) is 0 Å². The summed E-state index contributed by atoms with van der Waals surface area (Å²) in [5.74, 6) is -51.3. The normalized spacial score (nSPS) is 16.2. The molecule has 1 aromatic rings. The van der Waals surface area contributed by atoms with E-state index < -0.39 is 81.9 Å². The zero-order valence-electron chi connectivity index (χ0n) is 14.7. The molecule has 1 aromatic heterocycles. The molecule has 0 radical (unpaired) electrons. The quantitative estimate of drug-likeness (QED) is 0.281. The maximum absolute atomic E-state index is 13.7. The summed E-state index contributed by atoms with van der Waals surface area (Å²) in [5.41, 5.74) is 0. The monoisotopic (exact) mass is 555 g/mol. The highest BCUT2D eigenvalue weighted by molar-refractivity contribution is 5.14. The lowest BCUT2D eigenvalue weighted by molar-refractivity contribution is -0.854. The largest absolute Gasteiger partial charge is 0.567 e. The van der Waals surface area contributed by atoms with Crippen LogP contribution in [0.25, 0.3) is 0 Å². The fourth-order valence-electron chi connectivity index (χ4n) is 1.99. The molecule has 0 fully saturated rings. The van der Waals surface area contributed by atoms with E-state index in [2.05, 4.69) is 0 Å². The maximum Gasteiger partial charge on any atom is 0.567 e. The first-order valence-corrected chi connectivity index (χ1v) is 7.34. The molecule has 0 unspecified atom stereocenters. The van der Waals surface area contributed by atoms with Gasteiger partial charge in [-0.1, -0.05) is 0 Å². The Hall–Kier alpha value is -2.19. The lowest BCUT2D eigenvalue weighted by atomic mass is 9.90. The molecule has 200 valence electrons. The number of hydrogen-bond acceptors (Lipinski definition) is 0. The highest BCUT2D eigenvalue weighted by atomic mass is 19.4. The lowest BCUT2D eigenvalue weighted by Crippen LogP contribution is -2.74. The number of imidazole rings is 1. The average molecular weight is 555 g/mol. The van der Waals surface area contributed by atoms with E-state index in [1.54, 1.807) is 0 Å². The zero-order chi connectivity index (χ0) is 27.8. The third kappa shape index (κ3) is 3.70. The van der Waals surface area contributed by atoms with Crippen LogP contribution in [0.4, 0.5) is 87.8 Å². The predicted octanol–water partition coefficient (Wildman–Crippen LogP) is 6.18. The summed E-state index contributed by atoms with van der Waals surface area (Å²) in [6.07, 6.45) is -16.4. The summed E-state index contributed by atoms with van der Waals surface area (Å²) in [6.45, 7) is 0. The van der Waals surface area contributed by atoms with E-state index in [-0.39, 0.29) is 0 Å². The van der Waals surface area contributed by atoms with Crippen molar-refractivity contribution < 1.29 is 92.4 Å². The van der Waals surface area contributed by atoms with Crippen LogP contribution in [0, 0.1) is 0 Å². The minimum atomic E-state index is -8.81. The molecule has 34 heavy (non-hydrogen) atoms. The third-order valence-corrected chi connectivity index (χ3v) is 3.96. The highest BCUT2D eigenvalue weighted by Gasteiger charge is 2.96. The van der Waals surface area contributed by atoms with Crippen molar-refractivity contribution in [1.29, 1.82) is 0 Å². The smallest absolute Gasteiger partial charge is 0.192 e. The molecule has 22 heteroatoms. The van der Waals surface area contributed by atoms with Gasteiger partial charge in [-0.15, -0.1) is 17.7 Å². The second kappa shape index (κ2) is 7.40. The molecule has 0 aliphatic rings. The van der Waals surface area contributed by atoms with Gasteiger partial charge < -0.3 is 0 Å². The first-order valence-electron chi connectivity index (χ1n) is 7.34. The van der Waals surface area contributed by atoms with Crippen molar-refractivity contribution in [2.45, 2.75) is 54.1 Å². The van der Waals surface area contributed by atoms with Crippen molar-refractivity contribution in [3.05, 3.63) is 18.7 Å². The minimum Gasteiger partial charge on any atom is -0.192 e. The second-order valence-corrected chi connectivity index (χ2v) is 6.18. The van der Waals surface area contributed by atoms with E-state index >= 15 is 0 Å². The second-order valence-electron chi connectivity index (χ2n) is 6.18. The standard InChI is InChI=1S/C12H3F20N2/c13-4(14,6(17,18)8(21,22)10(25,26)27)5(15,16)7(19,20)9(23,24)11(28,29)33-1-2-34(3-33)12(30,31)32/h1-3H/q+1. The van der Waals surface area contributed by atoms with Gasteiger partial charge >= 0.3 is 54.1 Å². The van der Waals surface area contributed by atoms with Crippen molar-refractivity contribution in [3.8, 4) is 0 Å². The van der Waals surface area contributed by atoms with Crippen LogP contribution in [-0.2, 0) is 12.3 Å². The molecule has 0 bridgehead atoms. The lowest BCUT2D eigenvalue weighted by Gasteiger charge is -2.41. The van der Waals surface area contributed by atoms with Crippen molar-refractivity contribution in [2.75, 3.05) is 0 Å². The van der Waals surface area contributed by atoms with Gasteiger partial charge in [0.15, 0.2) is 0 Å². The van der Waals surface area contributed by atoms with Crippen LogP contribution in [0.15, 0.2) is 18.7 Å². The third-order valence-electron chi connectivity index (χ3n) is 3.96. The molecule has 1 heterocycles. The molecule has 0 aliphatic heterocycles. The highest BCUT2D eigenvalue weighted by Crippen LogP contribution is 2.64. The fourth-order valence-corrected chi connectivity index (χ4v) is 1.99. The molecule has 0 aromatic carbocycles. The maximum atomic E-state index is 13.7. The van der Waals surface area contributed by atoms with E-state index in [9.17, 15) is 87.8 Å². The number of rotatable bonds is 7. The Labute approximate surface area is 171 Å². The van der Waals surface area contributed by atoms with E-state index in [1.165, 1.54) is 0 Å². The Kier molecular flexibility index (Phi) is 6.50. The van der Waals surface area contributed by atoms with Crippen molar-refractivity contribution in [1.82, 2.24) is 4.57 Å². The molecule has 2 nitrogen and oxygen atoms in total. The Bertz CT molecular complexity index is 886. The van der Waals surface area contributed by atoms with Crippen LogP contribution in [-0.4, -0.2) is 46.3 Å². The number of halogens is 20. The fraction of sp³-hybridized carbons (Fsp3) is 0.750. The van der Waals surface area contributed by atoms with Crippen LogP contribution in [0.2, 0.25) is 0 Å². The van der Waals surface area contributed by atoms with Gasteiger partial charge in [0, 0.05) is 0 Å². The number of aromatic nitrogens is 2. The SMILES string of the molecule is FC(F)(F)[n+]1ccn(C(F)(F)C(F)(F)C(F)(F)C(F)(F)C(F)(F)C(F)(F)C(F)(F)C(F)(F)F)c1. The number of nitrogens with zero attached hydrogens (tertiary/aromatic N) is 2. The molecule has 0 amide bonds. The molecule has 0 N–H and O–H groups in total. The van der Waals surface area contributed by atoms with Gasteiger partial charge in [0.2, 0.25) is 0 Å². The number of alkyl halides is 20. The molecule has 1 rings (SSSR count). The van der Waals surface area contributed by atoms with Gasteiger partial charge in [0.1, 0.15) is 12.4 Å². The van der Waals surface area contributed by atoms with Crippen LogP contribution in [0.1, 0.15) is 0 Å². The number of hydrogen-bond donors (Lipinski definition) is 0. The van der Waals surface area contributed by atoms with Crippen LogP contribution in [0.5, 0.6) is 0 Å². The predicted molar refractivity (Wildman–Crippen MR) is 61.9 cm³/mol. The molecule has 0 aliphatic carbocycles. The summed E-state index contributed by atoms with van der Waals surface area (Å²) in [7, 11) is 0. The summed E-state index contributed by atoms with van der Waals surface area (Å²) >= 11 is 0. The summed E-state index contributed by atoms with van der Waals surface area (Å²) in [4.78, 5) is 0.